The molecule has 2 N–H and O–H groups in total. The van der Waals surface area contributed by atoms with Crippen molar-refractivity contribution in [2.24, 2.45) is 0 Å². The van der Waals surface area contributed by atoms with Crippen molar-refractivity contribution in [3.8, 4) is 11.5 Å². The highest BCUT2D eigenvalue weighted by molar-refractivity contribution is 7.89. The van der Waals surface area contributed by atoms with E-state index >= 15 is 0 Å². The lowest BCUT2D eigenvalue weighted by atomic mass is 9.94. The van der Waals surface area contributed by atoms with Gasteiger partial charge in [-0.2, -0.15) is 5.10 Å². The highest BCUT2D eigenvalue weighted by Crippen LogP contribution is 2.31. The van der Waals surface area contributed by atoms with Crippen LogP contribution in [-0.4, -0.2) is 39.5 Å². The Balaban J connectivity index is 1.61. The topological polar surface area (TPSA) is 140 Å². The van der Waals surface area contributed by atoms with E-state index in [0.717, 1.165) is 12.1 Å². The third kappa shape index (κ3) is 3.91. The van der Waals surface area contributed by atoms with Gasteiger partial charge in [0.15, 0.2) is 0 Å². The predicted molar refractivity (Wildman–Crippen MR) is 100 cm³/mol. The number of hydrogen-bond acceptors (Lipinski definition) is 7. The molecule has 10 nitrogen and oxygen atoms in total. The smallest absolute Gasteiger partial charge is 0.325 e. The summed E-state index contributed by atoms with van der Waals surface area (Å²) in [7, 11) is -3.83. The van der Waals surface area contributed by atoms with E-state index in [4.69, 9.17) is 9.52 Å². The molecule has 2 aromatic heterocycles. The summed E-state index contributed by atoms with van der Waals surface area (Å²) in [5, 5.41) is 20.8. The number of fused-ring (bicyclic) bond motifs is 1. The number of aromatic nitrogens is 4. The maximum Gasteiger partial charge on any atom is 0.325 e. The number of sulfonamides is 1. The second-order valence-electron chi connectivity index (χ2n) is 6.82. The normalized spacial score (nSPS) is 16.5. The molecule has 2 heterocycles. The van der Waals surface area contributed by atoms with E-state index in [1.807, 2.05) is 0 Å². The SMILES string of the molecule is Cc1nnc(-c2cccc(S(=O)(=O)NC3CCCc4c3cnn4CC(=O)O)c2)o1. The van der Waals surface area contributed by atoms with Gasteiger partial charge >= 0.3 is 5.97 Å². The Labute approximate surface area is 166 Å². The summed E-state index contributed by atoms with van der Waals surface area (Å²) in [5.74, 6) is -0.361. The van der Waals surface area contributed by atoms with Gasteiger partial charge in [-0.05, 0) is 37.5 Å². The molecule has 29 heavy (non-hydrogen) atoms. The fourth-order valence-electron chi connectivity index (χ4n) is 3.47. The first kappa shape index (κ1) is 19.3. The van der Waals surface area contributed by atoms with Crippen LogP contribution in [0.3, 0.4) is 0 Å². The molecule has 0 spiro atoms. The number of rotatable bonds is 6. The fraction of sp³-hybridized carbons (Fsp3) is 0.333. The molecular weight excluding hydrogens is 398 g/mol. The summed E-state index contributed by atoms with van der Waals surface area (Å²) in [6.45, 7) is 1.41. The zero-order chi connectivity index (χ0) is 20.6. The van der Waals surface area contributed by atoms with Gasteiger partial charge in [-0.25, -0.2) is 13.1 Å². The first-order chi connectivity index (χ1) is 13.8. The number of nitrogens with one attached hydrogen (secondary N) is 1. The number of nitrogens with zero attached hydrogens (tertiary/aromatic N) is 4. The van der Waals surface area contributed by atoms with Crippen molar-refractivity contribution >= 4 is 16.0 Å². The van der Waals surface area contributed by atoms with Gasteiger partial charge in [0.25, 0.3) is 0 Å². The van der Waals surface area contributed by atoms with Crippen LogP contribution in [0.5, 0.6) is 0 Å². The van der Waals surface area contributed by atoms with E-state index in [1.165, 1.54) is 16.8 Å². The predicted octanol–water partition coefficient (Wildman–Crippen LogP) is 1.68. The van der Waals surface area contributed by atoms with Crippen LogP contribution in [0.25, 0.3) is 11.5 Å². The minimum Gasteiger partial charge on any atom is -0.480 e. The quantitative estimate of drug-likeness (QED) is 0.617. The van der Waals surface area contributed by atoms with Crippen molar-refractivity contribution in [2.45, 2.75) is 43.7 Å². The largest absolute Gasteiger partial charge is 0.480 e. The van der Waals surface area contributed by atoms with Crippen LogP contribution < -0.4 is 4.72 Å². The Kier molecular flexibility index (Phi) is 4.92. The van der Waals surface area contributed by atoms with Crippen LogP contribution in [0.4, 0.5) is 0 Å². The third-order valence-electron chi connectivity index (χ3n) is 4.76. The molecule has 0 radical (unpaired) electrons. The zero-order valence-electron chi connectivity index (χ0n) is 15.6. The van der Waals surface area contributed by atoms with Crippen molar-refractivity contribution in [1.29, 1.82) is 0 Å². The standard InChI is InChI=1S/C18H19N5O5S/c1-11-20-21-18(28-11)12-4-2-5-13(8-12)29(26,27)22-15-6-3-7-16-14(15)9-19-23(16)10-17(24)25/h2,4-5,8-9,15,22H,3,6-7,10H2,1H3,(H,24,25). The van der Waals surface area contributed by atoms with Crippen LogP contribution in [0.15, 0.2) is 39.8 Å². The summed E-state index contributed by atoms with van der Waals surface area (Å²) in [5.41, 5.74) is 1.97. The summed E-state index contributed by atoms with van der Waals surface area (Å²) >= 11 is 0. The minimum absolute atomic E-state index is 0.0795. The van der Waals surface area contributed by atoms with Crippen molar-refractivity contribution < 1.29 is 22.7 Å². The number of aliphatic carboxylic acids is 1. The lowest BCUT2D eigenvalue weighted by molar-refractivity contribution is -0.137. The number of aryl methyl sites for hydroxylation is 1. The highest BCUT2D eigenvalue weighted by Gasteiger charge is 2.29. The Morgan fingerprint density at radius 2 is 2.21 bits per heavy atom. The van der Waals surface area contributed by atoms with Gasteiger partial charge in [0.1, 0.15) is 6.54 Å². The van der Waals surface area contributed by atoms with Crippen LogP contribution >= 0.6 is 0 Å². The number of carboxylic acid groups (broad SMARTS) is 1. The maximum absolute atomic E-state index is 13.0. The van der Waals surface area contributed by atoms with Gasteiger partial charge < -0.3 is 9.52 Å². The molecule has 0 saturated heterocycles. The van der Waals surface area contributed by atoms with E-state index in [9.17, 15) is 13.2 Å². The first-order valence-electron chi connectivity index (χ1n) is 9.03. The first-order valence-corrected chi connectivity index (χ1v) is 10.5. The molecule has 3 aromatic rings. The van der Waals surface area contributed by atoms with E-state index in [2.05, 4.69) is 20.0 Å². The van der Waals surface area contributed by atoms with E-state index in [0.29, 0.717) is 29.9 Å². The molecule has 152 valence electrons. The van der Waals surface area contributed by atoms with Crippen molar-refractivity contribution in [3.63, 3.8) is 0 Å². The number of carbonyl (C=O) groups is 1. The van der Waals surface area contributed by atoms with Crippen LogP contribution in [0.2, 0.25) is 0 Å². The van der Waals surface area contributed by atoms with Crippen LogP contribution in [-0.2, 0) is 27.8 Å². The van der Waals surface area contributed by atoms with Crippen molar-refractivity contribution in [3.05, 3.63) is 47.6 Å². The third-order valence-corrected chi connectivity index (χ3v) is 6.23. The molecule has 1 aromatic carbocycles. The Hall–Kier alpha value is -3.05. The van der Waals surface area contributed by atoms with Gasteiger partial charge in [0, 0.05) is 23.7 Å². The second kappa shape index (κ2) is 7.41. The molecule has 1 atom stereocenters. The number of hydrogen-bond donors (Lipinski definition) is 2. The molecule has 4 rings (SSSR count). The van der Waals surface area contributed by atoms with Crippen molar-refractivity contribution in [1.82, 2.24) is 24.7 Å². The Bertz CT molecular complexity index is 1170. The van der Waals surface area contributed by atoms with E-state index in [-0.39, 0.29) is 17.3 Å². The average Bonchev–Trinajstić information content (AvgIpc) is 3.29. The minimum atomic E-state index is -3.83. The zero-order valence-corrected chi connectivity index (χ0v) is 16.4. The average molecular weight is 417 g/mol. The monoisotopic (exact) mass is 417 g/mol. The highest BCUT2D eigenvalue weighted by atomic mass is 32.2. The van der Waals surface area contributed by atoms with E-state index in [1.54, 1.807) is 25.3 Å². The van der Waals surface area contributed by atoms with Crippen molar-refractivity contribution in [2.75, 3.05) is 0 Å². The summed E-state index contributed by atoms with van der Waals surface area (Å²) in [4.78, 5) is 11.1. The van der Waals surface area contributed by atoms with E-state index < -0.39 is 22.0 Å². The van der Waals surface area contributed by atoms with Crippen LogP contribution in [0, 0.1) is 6.92 Å². The van der Waals surface area contributed by atoms with Crippen LogP contribution in [0.1, 0.15) is 36.0 Å². The lowest BCUT2D eigenvalue weighted by Gasteiger charge is -2.24. The lowest BCUT2D eigenvalue weighted by Crippen LogP contribution is -2.31. The molecule has 0 fully saturated rings. The Morgan fingerprint density at radius 3 is 2.93 bits per heavy atom. The van der Waals surface area contributed by atoms with Gasteiger partial charge in [-0.3, -0.25) is 9.48 Å². The van der Waals surface area contributed by atoms with Gasteiger partial charge in [0.05, 0.1) is 17.1 Å². The van der Waals surface area contributed by atoms with Gasteiger partial charge in [0.2, 0.25) is 21.8 Å². The Morgan fingerprint density at radius 1 is 1.38 bits per heavy atom. The summed E-state index contributed by atoms with van der Waals surface area (Å²) in [6, 6.07) is 5.81. The molecule has 0 saturated carbocycles. The number of benzene rings is 1. The van der Waals surface area contributed by atoms with Gasteiger partial charge in [-0.15, -0.1) is 10.2 Å². The summed E-state index contributed by atoms with van der Waals surface area (Å²) in [6.07, 6.45) is 3.54. The number of carboxylic acids is 1. The molecule has 1 aliphatic rings. The molecule has 0 amide bonds. The summed E-state index contributed by atoms with van der Waals surface area (Å²) < 4.78 is 35.5. The molecule has 1 aliphatic carbocycles. The molecule has 0 aliphatic heterocycles. The fourth-order valence-corrected chi connectivity index (χ4v) is 4.77. The molecular formula is C18H19N5O5S. The molecule has 1 unspecified atom stereocenters. The van der Waals surface area contributed by atoms with Gasteiger partial charge in [-0.1, -0.05) is 6.07 Å². The maximum atomic E-state index is 13.0. The molecule has 0 bridgehead atoms. The second-order valence-corrected chi connectivity index (χ2v) is 8.53. The molecule has 11 heteroatoms.